The Hall–Kier alpha value is -1.20. The molecule has 3 nitrogen and oxygen atoms in total. The number of nitrogens with one attached hydrogen (secondary N) is 1. The van der Waals surface area contributed by atoms with Crippen LogP contribution in [0.2, 0.25) is 0 Å². The van der Waals surface area contributed by atoms with Gasteiger partial charge in [-0.3, -0.25) is 0 Å². The van der Waals surface area contributed by atoms with Crippen molar-refractivity contribution in [3.63, 3.8) is 0 Å². The molecule has 0 spiro atoms. The van der Waals surface area contributed by atoms with Gasteiger partial charge in [0.1, 0.15) is 11.3 Å². The molecule has 1 aliphatic heterocycles. The van der Waals surface area contributed by atoms with Crippen molar-refractivity contribution in [2.75, 3.05) is 6.54 Å². The fourth-order valence-corrected chi connectivity index (χ4v) is 2.36. The molecular formula is C13H15ClF2N2O. The summed E-state index contributed by atoms with van der Waals surface area (Å²) in [6.45, 7) is 2.88. The molecule has 1 aromatic heterocycles. The SMILES string of the molecule is C[C@@H]1CC[C@@H](c2nc3c(F)cc(F)cc3o2)CN1.Cl. The molecule has 3 rings (SSSR count). The second-order valence-electron chi connectivity index (χ2n) is 4.87. The third-order valence-corrected chi connectivity index (χ3v) is 3.44. The molecule has 1 aliphatic rings. The first-order chi connectivity index (χ1) is 8.63. The van der Waals surface area contributed by atoms with Crippen LogP contribution >= 0.6 is 12.4 Å². The molecule has 1 aromatic carbocycles. The van der Waals surface area contributed by atoms with Gasteiger partial charge in [-0.2, -0.15) is 0 Å². The van der Waals surface area contributed by atoms with Gasteiger partial charge in [0.25, 0.3) is 0 Å². The van der Waals surface area contributed by atoms with Crippen LogP contribution in [0.4, 0.5) is 8.78 Å². The van der Waals surface area contributed by atoms with Gasteiger partial charge in [-0.05, 0) is 19.8 Å². The Labute approximate surface area is 115 Å². The number of benzene rings is 1. The summed E-state index contributed by atoms with van der Waals surface area (Å²) in [5.41, 5.74) is 0.297. The normalized spacial score (nSPS) is 23.3. The first-order valence-corrected chi connectivity index (χ1v) is 6.12. The number of nitrogens with zero attached hydrogens (tertiary/aromatic N) is 1. The lowest BCUT2D eigenvalue weighted by atomic mass is 9.95. The molecular weight excluding hydrogens is 274 g/mol. The Morgan fingerprint density at radius 1 is 1.32 bits per heavy atom. The maximum atomic E-state index is 13.5. The van der Waals surface area contributed by atoms with E-state index in [4.69, 9.17) is 4.42 Å². The van der Waals surface area contributed by atoms with E-state index in [1.165, 1.54) is 6.07 Å². The summed E-state index contributed by atoms with van der Waals surface area (Å²) < 4.78 is 32.0. The van der Waals surface area contributed by atoms with Crippen LogP contribution in [0.1, 0.15) is 31.6 Å². The predicted octanol–water partition coefficient (Wildman–Crippen LogP) is 3.38. The Morgan fingerprint density at radius 2 is 2.11 bits per heavy atom. The summed E-state index contributed by atoms with van der Waals surface area (Å²) in [5.74, 6) is -0.680. The van der Waals surface area contributed by atoms with Gasteiger partial charge in [0.15, 0.2) is 17.3 Å². The van der Waals surface area contributed by atoms with Crippen LogP contribution in [-0.4, -0.2) is 17.6 Å². The monoisotopic (exact) mass is 288 g/mol. The standard InChI is InChI=1S/C13H14F2N2O.ClH/c1-7-2-3-8(6-16-7)13-17-12-10(15)4-9(14)5-11(12)18-13;/h4-5,7-8,16H,2-3,6H2,1H3;1H/t7-,8-;/m1./s1. The van der Waals surface area contributed by atoms with Crippen LogP contribution in [0.5, 0.6) is 0 Å². The van der Waals surface area contributed by atoms with E-state index in [2.05, 4.69) is 17.2 Å². The van der Waals surface area contributed by atoms with Crippen LogP contribution in [-0.2, 0) is 0 Å². The lowest BCUT2D eigenvalue weighted by Gasteiger charge is -2.25. The van der Waals surface area contributed by atoms with Crippen molar-refractivity contribution in [3.8, 4) is 0 Å². The van der Waals surface area contributed by atoms with Gasteiger partial charge in [-0.1, -0.05) is 0 Å². The van der Waals surface area contributed by atoms with Crippen LogP contribution in [0.15, 0.2) is 16.5 Å². The fraction of sp³-hybridized carbons (Fsp3) is 0.462. The molecule has 0 unspecified atom stereocenters. The smallest absolute Gasteiger partial charge is 0.199 e. The zero-order valence-corrected chi connectivity index (χ0v) is 11.3. The largest absolute Gasteiger partial charge is 0.440 e. The maximum absolute atomic E-state index is 13.5. The van der Waals surface area contributed by atoms with Crippen molar-refractivity contribution in [3.05, 3.63) is 29.7 Å². The molecule has 19 heavy (non-hydrogen) atoms. The minimum absolute atomic E-state index is 0. The van der Waals surface area contributed by atoms with E-state index < -0.39 is 11.6 Å². The summed E-state index contributed by atoms with van der Waals surface area (Å²) in [5, 5.41) is 3.33. The van der Waals surface area contributed by atoms with Crippen LogP contribution < -0.4 is 5.32 Å². The lowest BCUT2D eigenvalue weighted by Crippen LogP contribution is -2.35. The summed E-state index contributed by atoms with van der Waals surface area (Å²) in [4.78, 5) is 4.15. The van der Waals surface area contributed by atoms with Gasteiger partial charge < -0.3 is 9.73 Å². The predicted molar refractivity (Wildman–Crippen MR) is 70.6 cm³/mol. The van der Waals surface area contributed by atoms with E-state index >= 15 is 0 Å². The molecule has 1 fully saturated rings. The molecule has 2 heterocycles. The Kier molecular flexibility index (Phi) is 4.06. The Morgan fingerprint density at radius 3 is 2.79 bits per heavy atom. The number of rotatable bonds is 1. The van der Waals surface area contributed by atoms with Crippen molar-refractivity contribution in [1.29, 1.82) is 0 Å². The van der Waals surface area contributed by atoms with E-state index in [-0.39, 0.29) is 29.4 Å². The van der Waals surface area contributed by atoms with E-state index in [9.17, 15) is 8.78 Å². The molecule has 6 heteroatoms. The van der Waals surface area contributed by atoms with Gasteiger partial charge in [-0.25, -0.2) is 13.8 Å². The van der Waals surface area contributed by atoms with Crippen molar-refractivity contribution in [2.45, 2.75) is 31.7 Å². The summed E-state index contributed by atoms with van der Waals surface area (Å²) >= 11 is 0. The molecule has 104 valence electrons. The number of oxazole rings is 1. The van der Waals surface area contributed by atoms with Gasteiger partial charge in [0.2, 0.25) is 0 Å². The minimum atomic E-state index is -0.669. The number of fused-ring (bicyclic) bond motifs is 1. The molecule has 2 atom stereocenters. The van der Waals surface area contributed by atoms with Gasteiger partial charge in [0.05, 0.1) is 0 Å². The third-order valence-electron chi connectivity index (χ3n) is 3.44. The van der Waals surface area contributed by atoms with Gasteiger partial charge >= 0.3 is 0 Å². The molecule has 2 aromatic rings. The highest BCUT2D eigenvalue weighted by atomic mass is 35.5. The van der Waals surface area contributed by atoms with Crippen LogP contribution in [0, 0.1) is 11.6 Å². The number of hydrogen-bond acceptors (Lipinski definition) is 3. The Bertz CT molecular complexity index is 579. The molecule has 1 saturated heterocycles. The van der Waals surface area contributed by atoms with E-state index in [1.54, 1.807) is 0 Å². The van der Waals surface area contributed by atoms with E-state index in [0.29, 0.717) is 11.9 Å². The molecule has 1 N–H and O–H groups in total. The lowest BCUT2D eigenvalue weighted by molar-refractivity contribution is 0.342. The second-order valence-corrected chi connectivity index (χ2v) is 4.87. The molecule has 0 amide bonds. The highest BCUT2D eigenvalue weighted by molar-refractivity contribution is 5.85. The highest BCUT2D eigenvalue weighted by Crippen LogP contribution is 2.29. The quantitative estimate of drug-likeness (QED) is 0.874. The zero-order chi connectivity index (χ0) is 12.7. The van der Waals surface area contributed by atoms with Crippen molar-refractivity contribution >= 4 is 23.5 Å². The third kappa shape index (κ3) is 2.72. The number of piperidine rings is 1. The molecule has 0 aliphatic carbocycles. The number of halogens is 3. The summed E-state index contributed by atoms with van der Waals surface area (Å²) in [6.07, 6.45) is 1.98. The minimum Gasteiger partial charge on any atom is -0.440 e. The molecule has 0 radical (unpaired) electrons. The van der Waals surface area contributed by atoms with Crippen LogP contribution in [0.3, 0.4) is 0 Å². The van der Waals surface area contributed by atoms with Crippen molar-refractivity contribution in [2.24, 2.45) is 0 Å². The average molecular weight is 289 g/mol. The summed E-state index contributed by atoms with van der Waals surface area (Å²) in [7, 11) is 0. The molecule has 0 saturated carbocycles. The fourth-order valence-electron chi connectivity index (χ4n) is 2.36. The first-order valence-electron chi connectivity index (χ1n) is 6.12. The zero-order valence-electron chi connectivity index (χ0n) is 10.5. The van der Waals surface area contributed by atoms with Gasteiger partial charge in [0, 0.05) is 30.6 Å². The second kappa shape index (κ2) is 5.43. The number of aromatic nitrogens is 1. The van der Waals surface area contributed by atoms with E-state index in [0.717, 1.165) is 25.5 Å². The average Bonchev–Trinajstić information content (AvgIpc) is 2.74. The Balaban J connectivity index is 0.00000133. The van der Waals surface area contributed by atoms with Crippen LogP contribution in [0.25, 0.3) is 11.1 Å². The highest BCUT2D eigenvalue weighted by Gasteiger charge is 2.24. The van der Waals surface area contributed by atoms with Crippen molar-refractivity contribution in [1.82, 2.24) is 10.3 Å². The van der Waals surface area contributed by atoms with E-state index in [1.807, 2.05) is 0 Å². The summed E-state index contributed by atoms with van der Waals surface area (Å²) in [6, 6.07) is 2.49. The maximum Gasteiger partial charge on any atom is 0.199 e. The van der Waals surface area contributed by atoms with Crippen molar-refractivity contribution < 1.29 is 13.2 Å². The topological polar surface area (TPSA) is 38.1 Å². The molecule has 0 bridgehead atoms. The van der Waals surface area contributed by atoms with Gasteiger partial charge in [-0.15, -0.1) is 12.4 Å². The number of hydrogen-bond donors (Lipinski definition) is 1. The first kappa shape index (κ1) is 14.2.